The summed E-state index contributed by atoms with van der Waals surface area (Å²) in [5.41, 5.74) is 4.36. The van der Waals surface area contributed by atoms with E-state index < -0.39 is 0 Å². The Morgan fingerprint density at radius 3 is 2.17 bits per heavy atom. The molecule has 2 heteroatoms. The fourth-order valence-electron chi connectivity index (χ4n) is 3.25. The molecule has 0 aromatic heterocycles. The molecule has 3 rings (SSSR count). The van der Waals surface area contributed by atoms with Crippen LogP contribution < -0.4 is 5.32 Å². The number of hydrogen-bond acceptors (Lipinski definition) is 1. The van der Waals surface area contributed by atoms with Crippen molar-refractivity contribution >= 4 is 22.8 Å². The first kappa shape index (κ1) is 15.9. The predicted molar refractivity (Wildman–Crippen MR) is 103 cm³/mol. The maximum Gasteiger partial charge on any atom is 0.107 e. The third kappa shape index (κ3) is 3.89. The summed E-state index contributed by atoms with van der Waals surface area (Å²) in [5, 5.41) is 3.57. The van der Waals surface area contributed by atoms with Crippen molar-refractivity contribution in [1.29, 1.82) is 0 Å². The monoisotopic (exact) mass is 321 g/mol. The van der Waals surface area contributed by atoms with Gasteiger partial charge in [-0.25, -0.2) is 0 Å². The highest BCUT2D eigenvalue weighted by molar-refractivity contribution is 7.80. The van der Waals surface area contributed by atoms with Crippen LogP contribution in [0.15, 0.2) is 61.2 Å². The van der Waals surface area contributed by atoms with Crippen molar-refractivity contribution in [3.8, 4) is 0 Å². The lowest BCUT2D eigenvalue weighted by Gasteiger charge is -2.25. The summed E-state index contributed by atoms with van der Waals surface area (Å²) >= 11 is 5.71. The van der Waals surface area contributed by atoms with Gasteiger partial charge in [0.1, 0.15) is 4.99 Å². The summed E-state index contributed by atoms with van der Waals surface area (Å²) < 4.78 is 0. The highest BCUT2D eigenvalue weighted by Crippen LogP contribution is 2.25. The van der Waals surface area contributed by atoms with Gasteiger partial charge in [-0.15, -0.1) is 0 Å². The SMILES string of the molecule is C=C(c1ccccc1)c1ccccc1C(=S)NC1CCCCC1. The van der Waals surface area contributed by atoms with Crippen LogP contribution in [0.25, 0.3) is 5.57 Å². The van der Waals surface area contributed by atoms with Crippen LogP contribution in [0, 0.1) is 0 Å². The Labute approximate surface area is 144 Å². The molecule has 0 bridgehead atoms. The summed E-state index contributed by atoms with van der Waals surface area (Å²) in [7, 11) is 0. The second-order valence-corrected chi connectivity index (χ2v) is 6.61. The van der Waals surface area contributed by atoms with Gasteiger partial charge in [-0.3, -0.25) is 0 Å². The normalized spacial score (nSPS) is 15.1. The van der Waals surface area contributed by atoms with Crippen molar-refractivity contribution in [2.75, 3.05) is 0 Å². The minimum absolute atomic E-state index is 0.522. The average molecular weight is 321 g/mol. The van der Waals surface area contributed by atoms with E-state index in [4.69, 9.17) is 12.2 Å². The molecule has 0 unspecified atom stereocenters. The molecular weight excluding hydrogens is 298 g/mol. The Bertz CT molecular complexity index is 684. The van der Waals surface area contributed by atoms with Crippen molar-refractivity contribution in [1.82, 2.24) is 5.32 Å². The molecule has 0 heterocycles. The molecule has 1 N–H and O–H groups in total. The number of thiocarbonyl (C=S) groups is 1. The largest absolute Gasteiger partial charge is 0.373 e. The van der Waals surface area contributed by atoms with Gasteiger partial charge >= 0.3 is 0 Å². The van der Waals surface area contributed by atoms with Gasteiger partial charge in [-0.1, -0.05) is 92.7 Å². The van der Waals surface area contributed by atoms with Crippen molar-refractivity contribution in [3.05, 3.63) is 77.9 Å². The van der Waals surface area contributed by atoms with Crippen LogP contribution >= 0.6 is 12.2 Å². The predicted octanol–water partition coefficient (Wildman–Crippen LogP) is 5.35. The van der Waals surface area contributed by atoms with Crippen LogP contribution in [0.2, 0.25) is 0 Å². The molecule has 0 saturated heterocycles. The Morgan fingerprint density at radius 1 is 0.870 bits per heavy atom. The number of hydrogen-bond donors (Lipinski definition) is 1. The standard InChI is InChI=1S/C21H23NS/c1-16(17-10-4-2-5-11-17)19-14-8-9-15-20(19)21(23)22-18-12-6-3-7-13-18/h2,4-5,8-11,14-15,18H,1,3,6-7,12-13H2,(H,22,23). The van der Waals surface area contributed by atoms with Crippen LogP contribution in [0.1, 0.15) is 48.8 Å². The van der Waals surface area contributed by atoms with E-state index in [2.05, 4.69) is 42.2 Å². The summed E-state index contributed by atoms with van der Waals surface area (Å²) in [5.74, 6) is 0. The number of rotatable bonds is 4. The maximum atomic E-state index is 5.71. The lowest BCUT2D eigenvalue weighted by molar-refractivity contribution is 0.415. The van der Waals surface area contributed by atoms with E-state index in [0.717, 1.165) is 27.3 Å². The van der Waals surface area contributed by atoms with Gasteiger partial charge in [0.25, 0.3) is 0 Å². The molecule has 1 aliphatic carbocycles. The first-order valence-corrected chi connectivity index (χ1v) is 8.81. The molecule has 2 aromatic rings. The van der Waals surface area contributed by atoms with E-state index in [9.17, 15) is 0 Å². The van der Waals surface area contributed by atoms with E-state index in [1.54, 1.807) is 0 Å². The third-order valence-electron chi connectivity index (χ3n) is 4.56. The van der Waals surface area contributed by atoms with Crippen molar-refractivity contribution in [3.63, 3.8) is 0 Å². The fourth-order valence-corrected chi connectivity index (χ4v) is 3.59. The van der Waals surface area contributed by atoms with Crippen LogP contribution in [-0.2, 0) is 0 Å². The number of benzene rings is 2. The molecule has 23 heavy (non-hydrogen) atoms. The minimum Gasteiger partial charge on any atom is -0.373 e. The minimum atomic E-state index is 0.522. The molecule has 0 atom stereocenters. The lowest BCUT2D eigenvalue weighted by Crippen LogP contribution is -2.35. The van der Waals surface area contributed by atoms with E-state index in [0.29, 0.717) is 6.04 Å². The molecule has 0 aliphatic heterocycles. The zero-order chi connectivity index (χ0) is 16.1. The van der Waals surface area contributed by atoms with Gasteiger partial charge < -0.3 is 5.32 Å². The zero-order valence-corrected chi connectivity index (χ0v) is 14.2. The van der Waals surface area contributed by atoms with Gasteiger partial charge in [0.2, 0.25) is 0 Å². The topological polar surface area (TPSA) is 12.0 Å². The van der Waals surface area contributed by atoms with Gasteiger partial charge in [0.05, 0.1) is 0 Å². The van der Waals surface area contributed by atoms with E-state index >= 15 is 0 Å². The molecule has 1 fully saturated rings. The van der Waals surface area contributed by atoms with E-state index in [-0.39, 0.29) is 0 Å². The Morgan fingerprint density at radius 2 is 1.48 bits per heavy atom. The first-order valence-electron chi connectivity index (χ1n) is 8.40. The van der Waals surface area contributed by atoms with Gasteiger partial charge in [0.15, 0.2) is 0 Å². The van der Waals surface area contributed by atoms with Crippen molar-refractivity contribution < 1.29 is 0 Å². The van der Waals surface area contributed by atoms with Gasteiger partial charge in [0, 0.05) is 11.6 Å². The lowest BCUT2D eigenvalue weighted by atomic mass is 9.93. The molecule has 118 valence electrons. The third-order valence-corrected chi connectivity index (χ3v) is 4.90. The molecule has 2 aromatic carbocycles. The molecule has 1 saturated carbocycles. The molecule has 0 amide bonds. The zero-order valence-electron chi connectivity index (χ0n) is 13.4. The second kappa shape index (κ2) is 7.56. The first-order chi connectivity index (χ1) is 11.3. The van der Waals surface area contributed by atoms with Crippen LogP contribution in [0.4, 0.5) is 0 Å². The Balaban J connectivity index is 1.82. The average Bonchev–Trinajstić information content (AvgIpc) is 2.62. The van der Waals surface area contributed by atoms with Gasteiger partial charge in [-0.2, -0.15) is 0 Å². The highest BCUT2D eigenvalue weighted by atomic mass is 32.1. The second-order valence-electron chi connectivity index (χ2n) is 6.20. The summed E-state index contributed by atoms with van der Waals surface area (Å²) in [4.78, 5) is 0.851. The quantitative estimate of drug-likeness (QED) is 0.762. The molecule has 0 radical (unpaired) electrons. The van der Waals surface area contributed by atoms with E-state index in [1.165, 1.54) is 32.1 Å². The fraction of sp³-hybridized carbons (Fsp3) is 0.286. The molecule has 1 nitrogen and oxygen atoms in total. The van der Waals surface area contributed by atoms with Crippen LogP contribution in [-0.4, -0.2) is 11.0 Å². The Hall–Kier alpha value is -1.93. The molecule has 1 aliphatic rings. The number of nitrogens with one attached hydrogen (secondary N) is 1. The van der Waals surface area contributed by atoms with Gasteiger partial charge in [-0.05, 0) is 29.5 Å². The maximum absolute atomic E-state index is 5.71. The van der Waals surface area contributed by atoms with E-state index in [1.807, 2.05) is 24.3 Å². The highest BCUT2D eigenvalue weighted by Gasteiger charge is 2.17. The molecule has 0 spiro atoms. The Kier molecular flexibility index (Phi) is 5.24. The summed E-state index contributed by atoms with van der Waals surface area (Å²) in [6, 6.07) is 19.1. The summed E-state index contributed by atoms with van der Waals surface area (Å²) in [6.07, 6.45) is 6.41. The van der Waals surface area contributed by atoms with Crippen molar-refractivity contribution in [2.24, 2.45) is 0 Å². The molecular formula is C21H23NS. The summed E-state index contributed by atoms with van der Waals surface area (Å²) in [6.45, 7) is 4.30. The van der Waals surface area contributed by atoms with Crippen molar-refractivity contribution in [2.45, 2.75) is 38.1 Å². The van der Waals surface area contributed by atoms with Crippen LogP contribution in [0.3, 0.4) is 0 Å². The smallest absolute Gasteiger partial charge is 0.107 e. The van der Waals surface area contributed by atoms with Crippen LogP contribution in [0.5, 0.6) is 0 Å².